The number of carbonyl (C=O) groups is 2. The molecule has 4 saturated carbocycles. The predicted octanol–water partition coefficient (Wildman–Crippen LogP) is 0.482. The molecule has 0 amide bonds. The Labute approximate surface area is 158 Å². The Morgan fingerprint density at radius 2 is 1.96 bits per heavy atom. The van der Waals surface area contributed by atoms with E-state index in [0.717, 1.165) is 6.42 Å². The average molecular weight is 424 g/mol. The van der Waals surface area contributed by atoms with E-state index < -0.39 is 57.3 Å². The first-order valence-electron chi connectivity index (χ1n) is 9.11. The molecule has 1 N–H and O–H groups in total. The maximum atomic E-state index is 13.7. The van der Waals surface area contributed by atoms with Gasteiger partial charge < -0.3 is 18.9 Å². The van der Waals surface area contributed by atoms with E-state index in [-0.39, 0.29) is 24.4 Å². The fraction of sp³-hybridized carbons (Fsp3) is 0.875. The van der Waals surface area contributed by atoms with Gasteiger partial charge in [0.05, 0.1) is 5.92 Å². The van der Waals surface area contributed by atoms with Gasteiger partial charge in [0.2, 0.25) is 0 Å². The Morgan fingerprint density at radius 1 is 1.21 bits per heavy atom. The molecule has 1 spiro atoms. The van der Waals surface area contributed by atoms with Crippen LogP contribution in [0.3, 0.4) is 0 Å². The number of ether oxygens (including phenoxy) is 4. The minimum Gasteiger partial charge on any atom is -0.461 e. The van der Waals surface area contributed by atoms with E-state index in [2.05, 4.69) is 0 Å². The van der Waals surface area contributed by atoms with Crippen molar-refractivity contribution in [3.63, 3.8) is 0 Å². The molecule has 9 nitrogen and oxygen atoms in total. The maximum Gasteiger partial charge on any atom is 0.465 e. The van der Waals surface area contributed by atoms with Crippen LogP contribution in [-0.2, 0) is 38.7 Å². The third-order valence-corrected chi connectivity index (χ3v) is 7.60. The fourth-order valence-electron chi connectivity index (χ4n) is 5.80. The van der Waals surface area contributed by atoms with Crippen LogP contribution in [-0.4, -0.2) is 60.9 Å². The lowest BCUT2D eigenvalue weighted by Crippen LogP contribution is -2.66. The van der Waals surface area contributed by atoms with E-state index >= 15 is 0 Å². The summed E-state index contributed by atoms with van der Waals surface area (Å²) in [5.41, 5.74) is 0. The van der Waals surface area contributed by atoms with Crippen LogP contribution in [0.2, 0.25) is 0 Å². The first kappa shape index (κ1) is 18.6. The van der Waals surface area contributed by atoms with E-state index in [1.807, 2.05) is 0 Å². The van der Waals surface area contributed by atoms with Crippen molar-refractivity contribution >= 4 is 22.1 Å². The van der Waals surface area contributed by atoms with E-state index in [1.165, 1.54) is 0 Å². The van der Waals surface area contributed by atoms with Crippen molar-refractivity contribution in [2.24, 2.45) is 23.7 Å². The number of cyclic esters (lactones) is 1. The first-order chi connectivity index (χ1) is 13.0. The zero-order valence-corrected chi connectivity index (χ0v) is 15.3. The summed E-state index contributed by atoms with van der Waals surface area (Å²) in [6.45, 7) is 0.0306. The van der Waals surface area contributed by atoms with Crippen molar-refractivity contribution in [1.29, 1.82) is 0 Å². The van der Waals surface area contributed by atoms with Crippen molar-refractivity contribution in [3.8, 4) is 0 Å². The molecule has 28 heavy (non-hydrogen) atoms. The van der Waals surface area contributed by atoms with Crippen molar-refractivity contribution in [1.82, 2.24) is 0 Å². The van der Waals surface area contributed by atoms with Gasteiger partial charge in [-0.15, -0.1) is 0 Å². The summed E-state index contributed by atoms with van der Waals surface area (Å²) >= 11 is 0. The largest absolute Gasteiger partial charge is 0.465 e. The second-order valence-corrected chi connectivity index (χ2v) is 9.74. The van der Waals surface area contributed by atoms with Crippen molar-refractivity contribution < 1.29 is 50.3 Å². The van der Waals surface area contributed by atoms with Gasteiger partial charge in [0, 0.05) is 5.92 Å². The number of esters is 2. The smallest absolute Gasteiger partial charge is 0.461 e. The lowest BCUT2D eigenvalue weighted by Gasteiger charge is -2.60. The van der Waals surface area contributed by atoms with Crippen LogP contribution in [0.4, 0.5) is 8.78 Å². The molecule has 2 aliphatic heterocycles. The number of halogens is 2. The molecule has 6 rings (SSSR count). The zero-order valence-electron chi connectivity index (χ0n) is 14.5. The Bertz CT molecular complexity index is 845. The molecule has 0 aromatic heterocycles. The number of rotatable bonds is 3. The van der Waals surface area contributed by atoms with Crippen LogP contribution in [0.1, 0.15) is 25.7 Å². The van der Waals surface area contributed by atoms with Crippen LogP contribution in [0.15, 0.2) is 0 Å². The molecular weight excluding hydrogens is 406 g/mol. The molecule has 4 aliphatic carbocycles. The Kier molecular flexibility index (Phi) is 3.74. The average Bonchev–Trinajstić information content (AvgIpc) is 3.14. The molecule has 8 atom stereocenters. The van der Waals surface area contributed by atoms with Crippen LogP contribution in [0, 0.1) is 23.7 Å². The molecule has 6 aliphatic rings. The number of hydrogen-bond acceptors (Lipinski definition) is 8. The Balaban J connectivity index is 1.44. The number of alkyl halides is 2. The summed E-state index contributed by atoms with van der Waals surface area (Å²) in [4.78, 5) is 23.8. The highest BCUT2D eigenvalue weighted by Gasteiger charge is 2.70. The predicted molar refractivity (Wildman–Crippen MR) is 82.2 cm³/mol. The van der Waals surface area contributed by atoms with E-state index in [0.29, 0.717) is 19.3 Å². The normalized spacial score (nSPS) is 46.7. The summed E-state index contributed by atoms with van der Waals surface area (Å²) in [5.74, 6) is -4.76. The number of hydrogen-bond donors (Lipinski definition) is 1. The van der Waals surface area contributed by atoms with Gasteiger partial charge in [0.25, 0.3) is 0 Å². The molecule has 6 fully saturated rings. The van der Waals surface area contributed by atoms with Gasteiger partial charge in [-0.2, -0.15) is 17.2 Å². The second kappa shape index (κ2) is 5.61. The van der Waals surface area contributed by atoms with Gasteiger partial charge in [0.15, 0.2) is 11.9 Å². The monoisotopic (exact) mass is 424 g/mol. The third kappa shape index (κ3) is 2.34. The summed E-state index contributed by atoms with van der Waals surface area (Å²) in [6.07, 6.45) is -0.152. The topological polar surface area (TPSA) is 125 Å². The Morgan fingerprint density at radius 3 is 2.64 bits per heavy atom. The molecule has 0 aromatic carbocycles. The summed E-state index contributed by atoms with van der Waals surface area (Å²) in [6, 6.07) is 0. The lowest BCUT2D eigenvalue weighted by molar-refractivity contribution is -0.328. The standard InChI is InChI=1S/C16H18F2O9S/c17-16(18,28(21,22)23)14(20)25-11-7-1-6-2-8(4-7)15(9(11)3-6)26-10-5-24-13(19)12(10)27-15/h6-12H,1-5H2,(H,21,22,23). The highest BCUT2D eigenvalue weighted by molar-refractivity contribution is 7.87. The summed E-state index contributed by atoms with van der Waals surface area (Å²) in [5, 5.41) is -5.06. The molecule has 156 valence electrons. The van der Waals surface area contributed by atoms with Gasteiger partial charge in [-0.25, -0.2) is 9.59 Å². The number of fused-ring (bicyclic) bond motifs is 1. The van der Waals surface area contributed by atoms with Gasteiger partial charge in [-0.1, -0.05) is 0 Å². The molecule has 2 saturated heterocycles. The summed E-state index contributed by atoms with van der Waals surface area (Å²) in [7, 11) is -5.96. The second-order valence-electron chi connectivity index (χ2n) is 8.28. The molecule has 0 radical (unpaired) electrons. The van der Waals surface area contributed by atoms with Gasteiger partial charge in [-0.05, 0) is 37.5 Å². The maximum absolute atomic E-state index is 13.7. The molecule has 12 heteroatoms. The molecule has 0 aromatic rings. The highest BCUT2D eigenvalue weighted by atomic mass is 32.2. The zero-order chi connectivity index (χ0) is 20.1. The van der Waals surface area contributed by atoms with Gasteiger partial charge in [-0.3, -0.25) is 4.55 Å². The van der Waals surface area contributed by atoms with E-state index in [1.54, 1.807) is 0 Å². The Hall–Kier alpha value is -1.37. The molecular formula is C16H18F2O9S. The van der Waals surface area contributed by atoms with Crippen LogP contribution < -0.4 is 0 Å². The quantitative estimate of drug-likeness (QED) is 0.509. The van der Waals surface area contributed by atoms with E-state index in [4.69, 9.17) is 23.5 Å². The minimum atomic E-state index is -5.96. The van der Waals surface area contributed by atoms with Crippen LogP contribution in [0.5, 0.6) is 0 Å². The molecule has 8 unspecified atom stereocenters. The third-order valence-electron chi connectivity index (χ3n) is 6.79. The highest BCUT2D eigenvalue weighted by Crippen LogP contribution is 2.63. The van der Waals surface area contributed by atoms with Crippen molar-refractivity contribution in [3.05, 3.63) is 0 Å². The first-order valence-corrected chi connectivity index (χ1v) is 10.5. The fourth-order valence-corrected chi connectivity index (χ4v) is 6.06. The van der Waals surface area contributed by atoms with Crippen molar-refractivity contribution in [2.45, 2.75) is 55.0 Å². The van der Waals surface area contributed by atoms with E-state index in [9.17, 15) is 26.8 Å². The SMILES string of the molecule is O=C1OCC2OC3(OC12)C1CC2CC(C1)C(OC(=O)C(F)(F)S(=O)(=O)O)C3C2. The molecule has 2 heterocycles. The molecule has 4 bridgehead atoms. The van der Waals surface area contributed by atoms with Gasteiger partial charge in [0.1, 0.15) is 18.8 Å². The van der Waals surface area contributed by atoms with Crippen LogP contribution >= 0.6 is 0 Å². The van der Waals surface area contributed by atoms with Crippen molar-refractivity contribution in [2.75, 3.05) is 6.61 Å². The van der Waals surface area contributed by atoms with Gasteiger partial charge >= 0.3 is 27.3 Å². The summed E-state index contributed by atoms with van der Waals surface area (Å²) < 4.78 is 79.7. The lowest BCUT2D eigenvalue weighted by atomic mass is 9.52. The van der Waals surface area contributed by atoms with Crippen LogP contribution in [0.25, 0.3) is 0 Å². The number of carbonyl (C=O) groups excluding carboxylic acids is 2. The minimum absolute atomic E-state index is 0.0306.